The molecule has 7 nitrogen and oxygen atoms in total. The van der Waals surface area contributed by atoms with Gasteiger partial charge in [0.1, 0.15) is 0 Å². The lowest BCUT2D eigenvalue weighted by Gasteiger charge is -2.11. The number of halogens is 1. The van der Waals surface area contributed by atoms with Crippen LogP contribution in [0, 0.1) is 0 Å². The van der Waals surface area contributed by atoms with Crippen LogP contribution in [0.1, 0.15) is 12.5 Å². The Bertz CT molecular complexity index is 1110. The number of hydrogen-bond donors (Lipinski definition) is 1. The molecular weight excluding hydrogens is 436 g/mol. The third-order valence-corrected chi connectivity index (χ3v) is 6.67. The minimum Gasteiger partial charge on any atom is -0.504 e. The molecule has 0 aliphatic carbocycles. The number of hydrogen-bond acceptors (Lipinski definition) is 6. The highest BCUT2D eigenvalue weighted by Gasteiger charge is 2.34. The molecular formula is C19H17ClN2O5S2. The van der Waals surface area contributed by atoms with Gasteiger partial charge in [-0.25, -0.2) is 0 Å². The SMILES string of the molecule is CCN1C(=O)/C(=C/c2ccc(O)c(OC)c2)SC1=NS(=O)(=O)c1ccc(Cl)cc1. The van der Waals surface area contributed by atoms with Crippen molar-refractivity contribution in [1.82, 2.24) is 4.90 Å². The molecule has 0 spiro atoms. The van der Waals surface area contributed by atoms with Gasteiger partial charge in [0.25, 0.3) is 15.9 Å². The van der Waals surface area contributed by atoms with E-state index in [0.29, 0.717) is 15.5 Å². The van der Waals surface area contributed by atoms with Crippen molar-refractivity contribution in [2.24, 2.45) is 4.40 Å². The first-order valence-electron chi connectivity index (χ1n) is 8.44. The number of aromatic hydroxyl groups is 1. The van der Waals surface area contributed by atoms with Crippen LogP contribution < -0.4 is 4.74 Å². The summed E-state index contributed by atoms with van der Waals surface area (Å²) in [6.45, 7) is 1.99. The molecule has 1 amide bonds. The molecule has 1 aliphatic heterocycles. The van der Waals surface area contributed by atoms with Crippen LogP contribution in [0.25, 0.3) is 6.08 Å². The molecule has 3 rings (SSSR count). The molecule has 1 fully saturated rings. The topological polar surface area (TPSA) is 96.3 Å². The Kier molecular flexibility index (Phi) is 6.21. The third kappa shape index (κ3) is 4.58. The number of phenols is 1. The number of likely N-dealkylation sites (N-methyl/N-ethyl adjacent to an activating group) is 1. The average Bonchev–Trinajstić information content (AvgIpc) is 2.97. The van der Waals surface area contributed by atoms with Crippen molar-refractivity contribution in [2.75, 3.05) is 13.7 Å². The van der Waals surface area contributed by atoms with Crippen LogP contribution in [0.4, 0.5) is 0 Å². The zero-order valence-corrected chi connectivity index (χ0v) is 17.9. The van der Waals surface area contributed by atoms with Crippen molar-refractivity contribution < 1.29 is 23.1 Å². The van der Waals surface area contributed by atoms with Crippen molar-refractivity contribution in [1.29, 1.82) is 0 Å². The largest absolute Gasteiger partial charge is 0.504 e. The molecule has 0 radical (unpaired) electrons. The van der Waals surface area contributed by atoms with E-state index in [9.17, 15) is 18.3 Å². The summed E-state index contributed by atoms with van der Waals surface area (Å²) in [5, 5.41) is 10.2. The normalized spacial score (nSPS) is 17.3. The lowest BCUT2D eigenvalue weighted by atomic mass is 10.2. The van der Waals surface area contributed by atoms with Gasteiger partial charge in [0.2, 0.25) is 0 Å². The number of phenolic OH excluding ortho intramolecular Hbond substituents is 1. The van der Waals surface area contributed by atoms with Gasteiger partial charge in [0, 0.05) is 11.6 Å². The Morgan fingerprint density at radius 1 is 1.24 bits per heavy atom. The smallest absolute Gasteiger partial charge is 0.284 e. The highest BCUT2D eigenvalue weighted by Crippen LogP contribution is 2.35. The predicted molar refractivity (Wildman–Crippen MR) is 114 cm³/mol. The lowest BCUT2D eigenvalue weighted by molar-refractivity contribution is -0.122. The maximum absolute atomic E-state index is 12.7. The van der Waals surface area contributed by atoms with E-state index in [1.54, 1.807) is 25.1 Å². The third-order valence-electron chi connectivity index (χ3n) is 4.02. The van der Waals surface area contributed by atoms with E-state index in [0.717, 1.165) is 11.8 Å². The Morgan fingerprint density at radius 2 is 1.93 bits per heavy atom. The van der Waals surface area contributed by atoms with Crippen molar-refractivity contribution >= 4 is 50.5 Å². The molecule has 0 bridgehead atoms. The summed E-state index contributed by atoms with van der Waals surface area (Å²) in [6.07, 6.45) is 1.59. The Morgan fingerprint density at radius 3 is 2.55 bits per heavy atom. The summed E-state index contributed by atoms with van der Waals surface area (Å²) in [7, 11) is -2.58. The Labute approximate surface area is 177 Å². The van der Waals surface area contributed by atoms with Crippen LogP contribution in [-0.4, -0.2) is 43.2 Å². The van der Waals surface area contributed by atoms with Gasteiger partial charge in [-0.05, 0) is 66.7 Å². The molecule has 1 aliphatic rings. The van der Waals surface area contributed by atoms with Crippen LogP contribution in [0.15, 0.2) is 56.7 Å². The summed E-state index contributed by atoms with van der Waals surface area (Å²) in [5.74, 6) is -0.109. The number of amides is 1. The maximum atomic E-state index is 12.7. The zero-order valence-electron chi connectivity index (χ0n) is 15.5. The van der Waals surface area contributed by atoms with Gasteiger partial charge in [0.05, 0.1) is 16.9 Å². The van der Waals surface area contributed by atoms with Gasteiger partial charge in [-0.15, -0.1) is 4.40 Å². The van der Waals surface area contributed by atoms with Crippen molar-refractivity contribution in [3.63, 3.8) is 0 Å². The van der Waals surface area contributed by atoms with E-state index < -0.39 is 10.0 Å². The number of nitrogens with zero attached hydrogens (tertiary/aromatic N) is 2. The van der Waals surface area contributed by atoms with Gasteiger partial charge in [-0.3, -0.25) is 9.69 Å². The van der Waals surface area contributed by atoms with Gasteiger partial charge >= 0.3 is 0 Å². The molecule has 2 aromatic carbocycles. The van der Waals surface area contributed by atoms with Crippen LogP contribution in [0.2, 0.25) is 5.02 Å². The average molecular weight is 453 g/mol. The minimum absolute atomic E-state index is 0.0146. The summed E-state index contributed by atoms with van der Waals surface area (Å²) in [4.78, 5) is 14.3. The van der Waals surface area contributed by atoms with Crippen molar-refractivity contribution in [3.8, 4) is 11.5 Å². The summed E-state index contributed by atoms with van der Waals surface area (Å²) in [6, 6.07) is 10.3. The first-order chi connectivity index (χ1) is 13.7. The van der Waals surface area contributed by atoms with Gasteiger partial charge in [0.15, 0.2) is 16.7 Å². The van der Waals surface area contributed by atoms with Gasteiger partial charge in [-0.1, -0.05) is 17.7 Å². The van der Waals surface area contributed by atoms with Gasteiger partial charge in [-0.2, -0.15) is 8.42 Å². The number of amidine groups is 1. The number of ether oxygens (including phenoxy) is 1. The van der Waals surface area contributed by atoms with E-state index in [1.807, 2.05) is 0 Å². The number of benzene rings is 2. The number of carbonyl (C=O) groups excluding carboxylic acids is 1. The van der Waals surface area contributed by atoms with E-state index in [4.69, 9.17) is 16.3 Å². The van der Waals surface area contributed by atoms with Crippen LogP contribution in [0.3, 0.4) is 0 Å². The van der Waals surface area contributed by atoms with Crippen molar-refractivity contribution in [3.05, 3.63) is 58.0 Å². The fourth-order valence-electron chi connectivity index (χ4n) is 2.55. The highest BCUT2D eigenvalue weighted by molar-refractivity contribution is 8.19. The molecule has 29 heavy (non-hydrogen) atoms. The Hall–Kier alpha value is -2.49. The second-order valence-corrected chi connectivity index (χ2v) is 8.94. The molecule has 0 unspecified atom stereocenters. The number of carbonyl (C=O) groups is 1. The second kappa shape index (κ2) is 8.48. The summed E-state index contributed by atoms with van der Waals surface area (Å²) >= 11 is 6.77. The van der Waals surface area contributed by atoms with E-state index in [-0.39, 0.29) is 34.0 Å². The number of methoxy groups -OCH3 is 1. The fraction of sp³-hybridized carbons (Fsp3) is 0.158. The zero-order chi connectivity index (χ0) is 21.2. The second-order valence-electron chi connectivity index (χ2n) is 5.89. The summed E-state index contributed by atoms with van der Waals surface area (Å²) < 4.78 is 34.1. The molecule has 152 valence electrons. The van der Waals surface area contributed by atoms with E-state index >= 15 is 0 Å². The molecule has 10 heteroatoms. The molecule has 1 heterocycles. The fourth-order valence-corrected chi connectivity index (χ4v) is 4.92. The van der Waals surface area contributed by atoms with Crippen LogP contribution >= 0.6 is 23.4 Å². The molecule has 2 aromatic rings. The van der Waals surface area contributed by atoms with Crippen LogP contribution in [0.5, 0.6) is 11.5 Å². The summed E-state index contributed by atoms with van der Waals surface area (Å²) in [5.41, 5.74) is 0.619. The highest BCUT2D eigenvalue weighted by atomic mass is 35.5. The molecule has 0 atom stereocenters. The maximum Gasteiger partial charge on any atom is 0.284 e. The lowest BCUT2D eigenvalue weighted by Crippen LogP contribution is -2.29. The Balaban J connectivity index is 1.96. The van der Waals surface area contributed by atoms with E-state index in [1.165, 1.54) is 42.3 Å². The molecule has 0 saturated carbocycles. The van der Waals surface area contributed by atoms with Crippen LogP contribution in [-0.2, 0) is 14.8 Å². The quantitative estimate of drug-likeness (QED) is 0.694. The molecule has 1 saturated heterocycles. The van der Waals surface area contributed by atoms with Crippen molar-refractivity contribution in [2.45, 2.75) is 11.8 Å². The molecule has 0 aromatic heterocycles. The molecule has 1 N–H and O–H groups in total. The first-order valence-corrected chi connectivity index (χ1v) is 11.1. The minimum atomic E-state index is -4.01. The number of rotatable bonds is 5. The number of thioether (sulfide) groups is 1. The van der Waals surface area contributed by atoms with E-state index in [2.05, 4.69) is 4.40 Å². The standard InChI is InChI=1S/C19H17ClN2O5S2/c1-3-22-18(24)17(11-12-4-9-15(23)16(10-12)27-2)28-19(22)21-29(25,26)14-7-5-13(20)6-8-14/h4-11,23H,3H2,1-2H3/b17-11-,21-19?. The number of sulfonamides is 1. The predicted octanol–water partition coefficient (Wildman–Crippen LogP) is 3.74. The first kappa shape index (κ1) is 21.2. The van der Waals surface area contributed by atoms with Gasteiger partial charge < -0.3 is 9.84 Å². The monoisotopic (exact) mass is 452 g/mol.